The van der Waals surface area contributed by atoms with Crippen LogP contribution in [0, 0.1) is 11.8 Å². The summed E-state index contributed by atoms with van der Waals surface area (Å²) in [6.45, 7) is 9.36. The number of hydrogen-bond acceptors (Lipinski definition) is 1. The third-order valence-corrected chi connectivity index (χ3v) is 8.12. The molecule has 84 valence electrons. The Morgan fingerprint density at radius 2 is 1.36 bits per heavy atom. The summed E-state index contributed by atoms with van der Waals surface area (Å²) in [5.41, 5.74) is -3.11. The molecule has 14 heavy (non-hydrogen) atoms. The van der Waals surface area contributed by atoms with Crippen LogP contribution >= 0.6 is 17.9 Å². The molecule has 2 nitrogen and oxygen atoms in total. The molecule has 0 fully saturated rings. The van der Waals surface area contributed by atoms with Crippen molar-refractivity contribution in [3.63, 3.8) is 0 Å². The van der Waals surface area contributed by atoms with Crippen LogP contribution in [-0.4, -0.2) is 9.79 Å². The maximum absolute atomic E-state index is 7.87. The molecule has 0 saturated heterocycles. The van der Waals surface area contributed by atoms with Crippen molar-refractivity contribution in [1.29, 1.82) is 0 Å². The molecule has 0 spiro atoms. The zero-order valence-electron chi connectivity index (χ0n) is 9.47. The molecule has 0 aromatic heterocycles. The molecule has 0 saturated carbocycles. The molecule has 0 bridgehead atoms. The summed E-state index contributed by atoms with van der Waals surface area (Å²) in [5, 5.41) is 3.18. The smallest absolute Gasteiger partial charge is 0.239 e. The Morgan fingerprint density at radius 1 is 1.14 bits per heavy atom. The van der Waals surface area contributed by atoms with Gasteiger partial charge < -0.3 is 9.79 Å². The topological polar surface area (TPSA) is 40.5 Å². The fourth-order valence-electron chi connectivity index (χ4n) is 0.934. The van der Waals surface area contributed by atoms with E-state index in [9.17, 15) is 0 Å². The predicted octanol–water partition coefficient (Wildman–Crippen LogP) is 3.34. The van der Waals surface area contributed by atoms with Crippen molar-refractivity contribution in [1.82, 2.24) is 0 Å². The Bertz CT molecular complexity index is 154. The van der Waals surface area contributed by atoms with E-state index in [1.165, 1.54) is 0 Å². The van der Waals surface area contributed by atoms with Gasteiger partial charge in [-0.15, -0.1) is 0 Å². The van der Waals surface area contributed by atoms with Crippen LogP contribution in [0.4, 0.5) is 0 Å². The van der Waals surface area contributed by atoms with Gasteiger partial charge in [-0.25, -0.2) is 0 Å². The van der Waals surface area contributed by atoms with Crippen LogP contribution in [0.1, 0.15) is 27.7 Å². The Kier molecular flexibility index (Phi) is 12.5. The summed E-state index contributed by atoms with van der Waals surface area (Å²) in [6, 6.07) is 0. The summed E-state index contributed by atoms with van der Waals surface area (Å²) < 4.78 is 0. The predicted molar refractivity (Wildman–Crippen MR) is 67.0 cm³/mol. The molecule has 0 rings (SSSR count). The van der Waals surface area contributed by atoms with Gasteiger partial charge in [-0.2, -0.15) is 0 Å². The summed E-state index contributed by atoms with van der Waals surface area (Å²) in [7, 11) is 0. The van der Waals surface area contributed by atoms with Gasteiger partial charge in [0.15, 0.2) is 0 Å². The van der Waals surface area contributed by atoms with E-state index in [1.54, 1.807) is 10.0 Å². The molecule has 0 atom stereocenters. The van der Waals surface area contributed by atoms with Crippen LogP contribution in [0.3, 0.4) is 0 Å². The second kappa shape index (κ2) is 9.75. The molecule has 0 aliphatic rings. The molecule has 0 unspecified atom stereocenters. The number of rotatable bonds is 4. The quantitative estimate of drug-likeness (QED) is 0.424. The Morgan fingerprint density at radius 3 is 1.50 bits per heavy atom. The van der Waals surface area contributed by atoms with Crippen molar-refractivity contribution < 1.29 is 26.9 Å². The number of thiol groups is 1. The minimum atomic E-state index is -3.11. The molecule has 6 heteroatoms. The SMILES string of the molecule is CC(C)[CH2][Zn][CH2]C(C)C.OP(O)(=S)S. The van der Waals surface area contributed by atoms with Crippen molar-refractivity contribution in [2.24, 2.45) is 11.8 Å². The molecule has 0 radical (unpaired) electrons. The van der Waals surface area contributed by atoms with Gasteiger partial charge in [0, 0.05) is 0 Å². The first kappa shape index (κ1) is 17.9. The zero-order chi connectivity index (χ0) is 11.8. The Balaban J connectivity index is 0. The van der Waals surface area contributed by atoms with Gasteiger partial charge in [-0.3, -0.25) is 0 Å². The molecule has 0 aliphatic heterocycles. The van der Waals surface area contributed by atoms with E-state index >= 15 is 0 Å². The van der Waals surface area contributed by atoms with Crippen LogP contribution in [0.15, 0.2) is 0 Å². The van der Waals surface area contributed by atoms with E-state index in [2.05, 4.69) is 51.8 Å². The maximum atomic E-state index is 7.87. The van der Waals surface area contributed by atoms with Crippen molar-refractivity contribution >= 4 is 29.7 Å². The summed E-state index contributed by atoms with van der Waals surface area (Å²) in [6.07, 6.45) is 0. The largest absolute Gasteiger partial charge is 0.338 e. The minimum absolute atomic E-state index is 0.0671. The average Bonchev–Trinajstić information content (AvgIpc) is 1.80. The van der Waals surface area contributed by atoms with Crippen molar-refractivity contribution in [2.75, 3.05) is 0 Å². The van der Waals surface area contributed by atoms with Gasteiger partial charge in [0.2, 0.25) is 5.69 Å². The molecule has 0 aromatic rings. The zero-order valence-corrected chi connectivity index (χ0v) is 15.0. The standard InChI is InChI=1S/2C4H9.H3O2PS2.Zn/c2*1-4(2)3;1-3(2,4)5;/h2*4H,1H2,2-3H3;(H3,1,2,4,5);. The second-order valence-corrected chi connectivity index (χ2v) is 13.2. The first-order valence-corrected chi connectivity index (χ1v) is 13.0. The van der Waals surface area contributed by atoms with Gasteiger partial charge in [-0.1, -0.05) is 12.2 Å². The van der Waals surface area contributed by atoms with Crippen LogP contribution in [0.2, 0.25) is 10.0 Å². The maximum Gasteiger partial charge on any atom is 0.239 e. The van der Waals surface area contributed by atoms with Crippen LogP contribution in [0.25, 0.3) is 0 Å². The van der Waals surface area contributed by atoms with Gasteiger partial charge in [-0.05, 0) is 11.8 Å². The Labute approximate surface area is 106 Å². The fourth-order valence-corrected chi connectivity index (χ4v) is 4.86. The number of hydrogen-bond donors (Lipinski definition) is 3. The van der Waals surface area contributed by atoms with Gasteiger partial charge in [0.05, 0.1) is 0 Å². The molecule has 0 amide bonds. The van der Waals surface area contributed by atoms with Crippen LogP contribution in [0.5, 0.6) is 0 Å². The van der Waals surface area contributed by atoms with E-state index in [0.29, 0.717) is 0 Å². The normalized spacial score (nSPS) is 10.9. The first-order valence-electron chi connectivity index (χ1n) is 4.91. The second-order valence-electron chi connectivity index (χ2n) is 4.23. The van der Waals surface area contributed by atoms with E-state index in [4.69, 9.17) is 9.79 Å². The van der Waals surface area contributed by atoms with Gasteiger partial charge in [0.1, 0.15) is 0 Å². The van der Waals surface area contributed by atoms with Crippen molar-refractivity contribution in [2.45, 2.75) is 37.7 Å². The molecule has 0 heterocycles. The molecule has 0 aromatic carbocycles. The summed E-state index contributed by atoms with van der Waals surface area (Å²) >= 11 is 7.01. The van der Waals surface area contributed by atoms with Crippen molar-refractivity contribution in [3.8, 4) is 0 Å². The van der Waals surface area contributed by atoms with E-state index < -0.39 is 5.69 Å². The fraction of sp³-hybridized carbons (Fsp3) is 1.00. The van der Waals surface area contributed by atoms with E-state index in [-0.39, 0.29) is 17.1 Å². The van der Waals surface area contributed by atoms with Crippen LogP contribution < -0.4 is 0 Å². The van der Waals surface area contributed by atoms with Gasteiger partial charge in [0.25, 0.3) is 0 Å². The minimum Gasteiger partial charge on any atom is -0.338 e. The first-order chi connectivity index (χ1) is 6.13. The molecular weight excluding hydrogens is 289 g/mol. The molecular formula is C8H21O2PS2Zn. The third kappa shape index (κ3) is 37.4. The Hall–Kier alpha value is 1.54. The van der Waals surface area contributed by atoms with E-state index in [1.807, 2.05) is 0 Å². The van der Waals surface area contributed by atoms with Crippen LogP contribution in [-0.2, 0) is 28.9 Å². The average molecular weight is 310 g/mol. The monoisotopic (exact) mass is 308 g/mol. The third-order valence-electron chi connectivity index (χ3n) is 1.56. The van der Waals surface area contributed by atoms with Gasteiger partial charge >= 0.3 is 66.7 Å². The van der Waals surface area contributed by atoms with Crippen molar-refractivity contribution in [3.05, 3.63) is 0 Å². The molecule has 0 aliphatic carbocycles. The summed E-state index contributed by atoms with van der Waals surface area (Å²) in [5.74, 6) is 1.95. The summed E-state index contributed by atoms with van der Waals surface area (Å²) in [4.78, 5) is 15.7. The molecule has 2 N–H and O–H groups in total. The van der Waals surface area contributed by atoms with E-state index in [0.717, 1.165) is 11.8 Å².